The van der Waals surface area contributed by atoms with Crippen LogP contribution >= 0.6 is 22.9 Å². The number of aromatic nitrogens is 1. The Balaban J connectivity index is 1.58. The maximum Gasteiger partial charge on any atom is 0.279 e. The lowest BCUT2D eigenvalue weighted by Crippen LogP contribution is -2.19. The van der Waals surface area contributed by atoms with Crippen LogP contribution in [0.5, 0.6) is 5.75 Å². The van der Waals surface area contributed by atoms with Crippen molar-refractivity contribution in [2.45, 2.75) is 11.4 Å². The van der Waals surface area contributed by atoms with Crippen molar-refractivity contribution >= 4 is 54.8 Å². The van der Waals surface area contributed by atoms with Gasteiger partial charge in [-0.05, 0) is 66.7 Å². The number of rotatable bonds is 8. The van der Waals surface area contributed by atoms with Gasteiger partial charge in [0.05, 0.1) is 28.8 Å². The van der Waals surface area contributed by atoms with Crippen molar-refractivity contribution in [1.82, 2.24) is 4.57 Å². The minimum absolute atomic E-state index is 0.0962. The van der Waals surface area contributed by atoms with Crippen molar-refractivity contribution in [3.8, 4) is 5.75 Å². The Morgan fingerprint density at radius 2 is 1.77 bits per heavy atom. The molecule has 1 amide bonds. The molecule has 1 N–H and O–H groups in total. The summed E-state index contributed by atoms with van der Waals surface area (Å²) >= 11 is 7.48. The van der Waals surface area contributed by atoms with E-state index in [1.165, 1.54) is 54.8 Å². The van der Waals surface area contributed by atoms with Gasteiger partial charge in [-0.1, -0.05) is 22.9 Å². The Hall–Kier alpha value is -3.18. The van der Waals surface area contributed by atoms with Crippen LogP contribution in [0, 0.1) is 0 Å². The maximum atomic E-state index is 12.9. The monoisotopic (exact) mass is 531 g/mol. The highest BCUT2D eigenvalue weighted by molar-refractivity contribution is 7.92. The molecule has 0 atom stereocenters. The smallest absolute Gasteiger partial charge is 0.279 e. The molecular weight excluding hydrogens is 510 g/mol. The van der Waals surface area contributed by atoms with E-state index in [4.69, 9.17) is 21.1 Å². The second-order valence-corrected chi connectivity index (χ2v) is 10.5. The van der Waals surface area contributed by atoms with Gasteiger partial charge in [-0.2, -0.15) is 4.99 Å². The van der Waals surface area contributed by atoms with Gasteiger partial charge in [0.15, 0.2) is 4.80 Å². The molecule has 0 aliphatic rings. The van der Waals surface area contributed by atoms with Gasteiger partial charge in [0.25, 0.3) is 15.9 Å². The third-order valence-corrected chi connectivity index (χ3v) is 7.79. The highest BCUT2D eigenvalue weighted by Gasteiger charge is 2.15. The second kappa shape index (κ2) is 10.6. The van der Waals surface area contributed by atoms with E-state index in [1.807, 2.05) is 16.7 Å². The largest absolute Gasteiger partial charge is 0.497 e. The highest BCUT2D eigenvalue weighted by atomic mass is 35.5. The summed E-state index contributed by atoms with van der Waals surface area (Å²) in [7, 11) is -0.675. The zero-order valence-electron chi connectivity index (χ0n) is 18.9. The normalized spacial score (nSPS) is 12.1. The Morgan fingerprint density at radius 1 is 1.06 bits per heavy atom. The summed E-state index contributed by atoms with van der Waals surface area (Å²) in [6, 6.07) is 17.7. The number of carbonyl (C=O) groups excluding carboxylic acids is 1. The molecule has 0 aliphatic carbocycles. The maximum absolute atomic E-state index is 12.9. The highest BCUT2D eigenvalue weighted by Crippen LogP contribution is 2.23. The zero-order chi connectivity index (χ0) is 25.0. The van der Waals surface area contributed by atoms with Gasteiger partial charge in [-0.25, -0.2) is 8.42 Å². The molecule has 1 heterocycles. The summed E-state index contributed by atoms with van der Waals surface area (Å²) in [4.78, 5) is 17.8. The van der Waals surface area contributed by atoms with E-state index in [0.29, 0.717) is 40.0 Å². The summed E-state index contributed by atoms with van der Waals surface area (Å²) in [5.41, 5.74) is 1.56. The Bertz CT molecular complexity index is 1530. The molecule has 0 aliphatic heterocycles. The van der Waals surface area contributed by atoms with E-state index in [0.717, 1.165) is 10.2 Å². The number of nitrogens with zero attached hydrogens (tertiary/aromatic N) is 2. The third kappa shape index (κ3) is 5.73. The summed E-state index contributed by atoms with van der Waals surface area (Å²) in [6.45, 7) is 0.981. The van der Waals surface area contributed by atoms with Gasteiger partial charge in [0.2, 0.25) is 0 Å². The lowest BCUT2D eigenvalue weighted by atomic mass is 10.2. The average Bonchev–Trinajstić information content (AvgIpc) is 3.18. The number of amides is 1. The summed E-state index contributed by atoms with van der Waals surface area (Å²) in [5, 5.41) is 0.600. The number of halogens is 1. The van der Waals surface area contributed by atoms with Crippen LogP contribution in [0.3, 0.4) is 0 Å². The number of thiazole rings is 1. The number of methoxy groups -OCH3 is 2. The van der Waals surface area contributed by atoms with Gasteiger partial charge < -0.3 is 14.0 Å². The summed E-state index contributed by atoms with van der Waals surface area (Å²) in [5.74, 6) is 0.110. The number of nitrogens with one attached hydrogen (secondary N) is 1. The first-order valence-electron chi connectivity index (χ1n) is 10.4. The van der Waals surface area contributed by atoms with Gasteiger partial charge in [0.1, 0.15) is 5.75 Å². The molecule has 0 radical (unpaired) electrons. The van der Waals surface area contributed by atoms with Crippen LogP contribution in [0.2, 0.25) is 5.02 Å². The number of ether oxygens (including phenoxy) is 2. The van der Waals surface area contributed by atoms with Crippen LogP contribution < -0.4 is 14.3 Å². The molecule has 0 saturated heterocycles. The number of fused-ring (bicyclic) bond motifs is 1. The second-order valence-electron chi connectivity index (χ2n) is 7.42. The van der Waals surface area contributed by atoms with Gasteiger partial charge >= 0.3 is 0 Å². The molecular formula is C24H22ClN3O5S2. The minimum Gasteiger partial charge on any atom is -0.497 e. The van der Waals surface area contributed by atoms with E-state index in [2.05, 4.69) is 9.71 Å². The molecule has 0 spiro atoms. The van der Waals surface area contributed by atoms with Gasteiger partial charge in [0, 0.05) is 29.9 Å². The molecule has 0 fully saturated rings. The predicted octanol–water partition coefficient (Wildman–Crippen LogP) is 4.55. The average molecular weight is 532 g/mol. The standard InChI is InChI=1S/C24H22ClN3O5S2/c1-32-14-13-28-21-12-5-17(25)15-22(21)34-24(28)26-23(29)16-3-6-18(7-4-16)27-35(30,31)20-10-8-19(33-2)9-11-20/h3-12,15,27H,13-14H2,1-2H3. The Kier molecular flexibility index (Phi) is 7.56. The molecule has 11 heteroatoms. The summed E-state index contributed by atoms with van der Waals surface area (Å²) in [6.07, 6.45) is 0. The van der Waals surface area contributed by atoms with E-state index in [-0.39, 0.29) is 4.90 Å². The number of benzene rings is 3. The molecule has 182 valence electrons. The molecule has 0 bridgehead atoms. The van der Waals surface area contributed by atoms with Crippen LogP contribution in [-0.4, -0.2) is 39.7 Å². The van der Waals surface area contributed by atoms with E-state index in [1.54, 1.807) is 25.3 Å². The fourth-order valence-electron chi connectivity index (χ4n) is 3.33. The fraction of sp³-hybridized carbons (Fsp3) is 0.167. The topological polar surface area (TPSA) is 99.0 Å². The quantitative estimate of drug-likeness (QED) is 0.359. The first-order chi connectivity index (χ1) is 16.8. The molecule has 8 nitrogen and oxygen atoms in total. The van der Waals surface area contributed by atoms with Crippen molar-refractivity contribution in [1.29, 1.82) is 0 Å². The molecule has 1 aromatic heterocycles. The van der Waals surface area contributed by atoms with Gasteiger partial charge in [-0.15, -0.1) is 0 Å². The van der Waals surface area contributed by atoms with Crippen LogP contribution in [0.1, 0.15) is 10.4 Å². The van der Waals surface area contributed by atoms with Crippen LogP contribution in [0.4, 0.5) is 5.69 Å². The zero-order valence-corrected chi connectivity index (χ0v) is 21.3. The first kappa shape index (κ1) is 24.9. The Labute approximate surface area is 211 Å². The fourth-order valence-corrected chi connectivity index (χ4v) is 5.72. The van der Waals surface area contributed by atoms with E-state index < -0.39 is 15.9 Å². The molecule has 35 heavy (non-hydrogen) atoms. The lowest BCUT2D eigenvalue weighted by molar-refractivity contribution is 0.0997. The number of sulfonamides is 1. The number of anilines is 1. The van der Waals surface area contributed by atoms with E-state index >= 15 is 0 Å². The van der Waals surface area contributed by atoms with Crippen molar-refractivity contribution in [2.24, 2.45) is 4.99 Å². The molecule has 0 unspecified atom stereocenters. The van der Waals surface area contributed by atoms with Crippen molar-refractivity contribution in [3.63, 3.8) is 0 Å². The minimum atomic E-state index is -3.79. The molecule has 4 rings (SSSR count). The molecule has 4 aromatic rings. The van der Waals surface area contributed by atoms with Crippen molar-refractivity contribution in [2.75, 3.05) is 25.5 Å². The predicted molar refractivity (Wildman–Crippen MR) is 137 cm³/mol. The number of carbonyl (C=O) groups is 1. The van der Waals surface area contributed by atoms with Crippen LogP contribution in [0.25, 0.3) is 10.2 Å². The lowest BCUT2D eigenvalue weighted by Gasteiger charge is -2.09. The summed E-state index contributed by atoms with van der Waals surface area (Å²) < 4.78 is 40.8. The third-order valence-electron chi connectivity index (χ3n) is 5.11. The van der Waals surface area contributed by atoms with E-state index in [9.17, 15) is 13.2 Å². The number of hydrogen-bond acceptors (Lipinski definition) is 6. The Morgan fingerprint density at radius 3 is 2.43 bits per heavy atom. The first-order valence-corrected chi connectivity index (χ1v) is 13.1. The SMILES string of the molecule is COCCn1c(=NC(=O)c2ccc(NS(=O)(=O)c3ccc(OC)cc3)cc2)sc2cc(Cl)ccc21. The van der Waals surface area contributed by atoms with Crippen molar-refractivity contribution < 1.29 is 22.7 Å². The van der Waals surface area contributed by atoms with Gasteiger partial charge in [-0.3, -0.25) is 9.52 Å². The van der Waals surface area contributed by atoms with Crippen molar-refractivity contribution in [3.05, 3.63) is 82.1 Å². The molecule has 3 aromatic carbocycles. The number of hydrogen-bond donors (Lipinski definition) is 1. The van der Waals surface area contributed by atoms with Crippen LogP contribution in [-0.2, 0) is 21.3 Å². The van der Waals surface area contributed by atoms with Crippen LogP contribution in [0.15, 0.2) is 76.6 Å². The molecule has 0 saturated carbocycles.